The van der Waals surface area contributed by atoms with Gasteiger partial charge in [-0.3, -0.25) is 4.79 Å². The zero-order valence-electron chi connectivity index (χ0n) is 9.38. The van der Waals surface area contributed by atoms with Crippen molar-refractivity contribution in [2.24, 2.45) is 0 Å². The number of carbonyl (C=O) groups excluding carboxylic acids is 1. The van der Waals surface area contributed by atoms with E-state index in [1.807, 2.05) is 0 Å². The Morgan fingerprint density at radius 2 is 1.63 bits per heavy atom. The summed E-state index contributed by atoms with van der Waals surface area (Å²) in [7, 11) is 0. The molecule has 0 saturated heterocycles. The molecule has 0 atom stereocenters. The smallest absolute Gasteiger partial charge is 0.196 e. The molecule has 0 spiro atoms. The Balaban J connectivity index is 2.53. The van der Waals surface area contributed by atoms with Crippen molar-refractivity contribution in [2.45, 2.75) is 0 Å². The molecule has 0 aromatic heterocycles. The molecule has 0 heterocycles. The van der Waals surface area contributed by atoms with Gasteiger partial charge in [0.05, 0.1) is 5.02 Å². The Hall–Kier alpha value is -1.65. The highest BCUT2D eigenvalue weighted by Gasteiger charge is 2.18. The minimum absolute atomic E-state index is 0.123. The van der Waals surface area contributed by atoms with Crippen LogP contribution in [0, 0.1) is 11.6 Å². The maximum absolute atomic E-state index is 13.2. The molecule has 2 N–H and O–H groups in total. The molecule has 0 unspecified atom stereocenters. The van der Waals surface area contributed by atoms with Crippen LogP contribution < -0.4 is 5.73 Å². The Morgan fingerprint density at radius 3 is 2.26 bits per heavy atom. The second-order valence-corrected chi connectivity index (χ2v) is 4.65. The standard InChI is InChI=1S/C13H7Cl2F2NO/c14-6-1-2-7(12(18)3-6)13(19)8-4-10(16)11(17)5-9(8)15/h1-5H,18H2. The number of nitrogen functional groups attached to an aromatic ring is 1. The van der Waals surface area contributed by atoms with Crippen LogP contribution in [0.15, 0.2) is 30.3 Å². The number of carbonyl (C=O) groups is 1. The molecular weight excluding hydrogens is 295 g/mol. The highest BCUT2D eigenvalue weighted by atomic mass is 35.5. The van der Waals surface area contributed by atoms with Crippen LogP contribution in [-0.4, -0.2) is 5.78 Å². The highest BCUT2D eigenvalue weighted by molar-refractivity contribution is 6.35. The fraction of sp³-hybridized carbons (Fsp3) is 0. The third-order valence-electron chi connectivity index (χ3n) is 2.51. The molecule has 0 radical (unpaired) electrons. The predicted octanol–water partition coefficient (Wildman–Crippen LogP) is 4.08. The van der Waals surface area contributed by atoms with E-state index < -0.39 is 17.4 Å². The van der Waals surface area contributed by atoms with Crippen molar-refractivity contribution < 1.29 is 13.6 Å². The molecule has 0 aliphatic rings. The van der Waals surface area contributed by atoms with Crippen molar-refractivity contribution in [1.29, 1.82) is 0 Å². The van der Waals surface area contributed by atoms with E-state index in [0.29, 0.717) is 5.02 Å². The van der Waals surface area contributed by atoms with Crippen LogP contribution in [0.25, 0.3) is 0 Å². The maximum Gasteiger partial charge on any atom is 0.196 e. The van der Waals surface area contributed by atoms with E-state index in [2.05, 4.69) is 0 Å². The molecule has 98 valence electrons. The largest absolute Gasteiger partial charge is 0.398 e. The summed E-state index contributed by atoms with van der Waals surface area (Å²) < 4.78 is 26.1. The first kappa shape index (κ1) is 13.8. The molecule has 0 fully saturated rings. The highest BCUT2D eigenvalue weighted by Crippen LogP contribution is 2.26. The van der Waals surface area contributed by atoms with Gasteiger partial charge in [-0.1, -0.05) is 23.2 Å². The summed E-state index contributed by atoms with van der Waals surface area (Å²) >= 11 is 11.5. The maximum atomic E-state index is 13.2. The predicted molar refractivity (Wildman–Crippen MR) is 70.7 cm³/mol. The van der Waals surface area contributed by atoms with E-state index in [-0.39, 0.29) is 21.8 Å². The van der Waals surface area contributed by atoms with Gasteiger partial charge < -0.3 is 5.73 Å². The summed E-state index contributed by atoms with van der Waals surface area (Å²) in [5.74, 6) is -2.87. The van der Waals surface area contributed by atoms with E-state index in [9.17, 15) is 13.6 Å². The fourth-order valence-corrected chi connectivity index (χ4v) is 2.00. The van der Waals surface area contributed by atoms with Gasteiger partial charge >= 0.3 is 0 Å². The number of hydrogen-bond donors (Lipinski definition) is 1. The van der Waals surface area contributed by atoms with Gasteiger partial charge in [-0.15, -0.1) is 0 Å². The molecule has 2 nitrogen and oxygen atoms in total. The van der Waals surface area contributed by atoms with E-state index in [0.717, 1.165) is 12.1 Å². The lowest BCUT2D eigenvalue weighted by atomic mass is 10.0. The van der Waals surface area contributed by atoms with Gasteiger partial charge in [0.25, 0.3) is 0 Å². The molecule has 0 amide bonds. The SMILES string of the molecule is Nc1cc(Cl)ccc1C(=O)c1cc(F)c(F)cc1Cl. The first-order valence-corrected chi connectivity index (χ1v) is 5.90. The second-order valence-electron chi connectivity index (χ2n) is 3.81. The van der Waals surface area contributed by atoms with Gasteiger partial charge in [-0.05, 0) is 30.3 Å². The number of hydrogen-bond acceptors (Lipinski definition) is 2. The topological polar surface area (TPSA) is 43.1 Å². The lowest BCUT2D eigenvalue weighted by Gasteiger charge is -2.07. The van der Waals surface area contributed by atoms with Gasteiger partial charge in [-0.25, -0.2) is 8.78 Å². The van der Waals surface area contributed by atoms with Crippen molar-refractivity contribution in [3.63, 3.8) is 0 Å². The zero-order valence-corrected chi connectivity index (χ0v) is 10.9. The molecule has 0 aliphatic heterocycles. The van der Waals surface area contributed by atoms with Crippen molar-refractivity contribution in [3.05, 3.63) is 63.1 Å². The van der Waals surface area contributed by atoms with Crippen molar-refractivity contribution in [2.75, 3.05) is 5.73 Å². The van der Waals surface area contributed by atoms with Crippen LogP contribution in [0.2, 0.25) is 10.0 Å². The van der Waals surface area contributed by atoms with Crippen LogP contribution >= 0.6 is 23.2 Å². The molecule has 0 bridgehead atoms. The van der Waals surface area contributed by atoms with Crippen molar-refractivity contribution in [3.8, 4) is 0 Å². The summed E-state index contributed by atoms with van der Waals surface area (Å²) in [5.41, 5.74) is 5.76. The summed E-state index contributed by atoms with van der Waals surface area (Å²) in [6.07, 6.45) is 0. The second kappa shape index (κ2) is 5.15. The van der Waals surface area contributed by atoms with Crippen LogP contribution in [0.5, 0.6) is 0 Å². The van der Waals surface area contributed by atoms with Gasteiger partial charge in [0.2, 0.25) is 0 Å². The number of anilines is 1. The molecule has 2 rings (SSSR count). The summed E-state index contributed by atoms with van der Waals surface area (Å²) in [6, 6.07) is 5.75. The zero-order chi connectivity index (χ0) is 14.2. The molecule has 2 aromatic carbocycles. The summed E-state index contributed by atoms with van der Waals surface area (Å²) in [5, 5.41) is 0.184. The van der Waals surface area contributed by atoms with Gasteiger partial charge in [0, 0.05) is 21.8 Å². The number of nitrogens with two attached hydrogens (primary N) is 1. The Kier molecular flexibility index (Phi) is 3.73. The van der Waals surface area contributed by atoms with Crippen LogP contribution in [0.1, 0.15) is 15.9 Å². The number of benzene rings is 2. The number of rotatable bonds is 2. The van der Waals surface area contributed by atoms with Crippen molar-refractivity contribution in [1.82, 2.24) is 0 Å². The average molecular weight is 302 g/mol. The Morgan fingerprint density at radius 1 is 1.00 bits per heavy atom. The molecule has 19 heavy (non-hydrogen) atoms. The molecular formula is C13H7Cl2F2NO. The van der Waals surface area contributed by atoms with E-state index in [1.165, 1.54) is 18.2 Å². The van der Waals surface area contributed by atoms with Crippen LogP contribution in [0.3, 0.4) is 0 Å². The minimum Gasteiger partial charge on any atom is -0.398 e. The molecule has 0 aliphatic carbocycles. The third kappa shape index (κ3) is 2.69. The monoisotopic (exact) mass is 301 g/mol. The van der Waals surface area contributed by atoms with Gasteiger partial charge in [0.1, 0.15) is 0 Å². The first-order valence-electron chi connectivity index (χ1n) is 5.14. The van der Waals surface area contributed by atoms with Gasteiger partial charge in [0.15, 0.2) is 17.4 Å². The first-order chi connectivity index (χ1) is 8.90. The summed E-state index contributed by atoms with van der Waals surface area (Å²) in [6.45, 7) is 0. The quantitative estimate of drug-likeness (QED) is 0.516. The normalized spacial score (nSPS) is 10.5. The van der Waals surface area contributed by atoms with Crippen molar-refractivity contribution >= 4 is 34.7 Å². The molecule has 6 heteroatoms. The fourth-order valence-electron chi connectivity index (χ4n) is 1.58. The minimum atomic E-state index is -1.15. The van der Waals surface area contributed by atoms with Gasteiger partial charge in [-0.2, -0.15) is 0 Å². The number of ketones is 1. The third-order valence-corrected chi connectivity index (χ3v) is 3.06. The van der Waals surface area contributed by atoms with E-state index in [4.69, 9.17) is 28.9 Å². The Labute approximate surface area is 117 Å². The summed E-state index contributed by atoms with van der Waals surface area (Å²) in [4.78, 5) is 12.2. The van der Waals surface area contributed by atoms with Crippen LogP contribution in [-0.2, 0) is 0 Å². The lowest BCUT2D eigenvalue weighted by Crippen LogP contribution is -2.07. The molecule has 0 saturated carbocycles. The van der Waals surface area contributed by atoms with E-state index >= 15 is 0 Å². The van der Waals surface area contributed by atoms with Crippen LogP contribution in [0.4, 0.5) is 14.5 Å². The average Bonchev–Trinajstić information content (AvgIpc) is 2.33. The molecule has 2 aromatic rings. The van der Waals surface area contributed by atoms with E-state index in [1.54, 1.807) is 0 Å². The lowest BCUT2D eigenvalue weighted by molar-refractivity contribution is 0.103. The number of halogens is 4. The Bertz CT molecular complexity index is 674.